The molecule has 2 rings (SSSR count). The highest BCUT2D eigenvalue weighted by Gasteiger charge is 2.29. The number of alkyl carbamates (subject to hydrolysis) is 1. The van der Waals surface area contributed by atoms with Gasteiger partial charge in [0.05, 0.1) is 0 Å². The molecule has 0 atom stereocenters. The first-order valence-electron chi connectivity index (χ1n) is 7.70. The minimum Gasteiger partial charge on any atom is -0.440 e. The Bertz CT molecular complexity index is 781. The first-order valence-corrected chi connectivity index (χ1v) is 9.06. The summed E-state index contributed by atoms with van der Waals surface area (Å²) in [4.78, 5) is 11.2. The number of carbonyl (C=O) groups excluding carboxylic acids is 1. The zero-order chi connectivity index (χ0) is 19.9. The zero-order valence-corrected chi connectivity index (χ0v) is 15.6. The number of aromatic nitrogens is 3. The third-order valence-electron chi connectivity index (χ3n) is 3.10. The second kappa shape index (κ2) is 9.65. The molecule has 0 fully saturated rings. The number of hydrogen-bond acceptors (Lipinski definition) is 5. The number of ether oxygens (including phenoxy) is 1. The molecule has 6 nitrogen and oxygen atoms in total. The van der Waals surface area contributed by atoms with E-state index >= 15 is 0 Å². The van der Waals surface area contributed by atoms with Crippen LogP contribution in [-0.4, -0.2) is 45.9 Å². The normalized spacial score (nSPS) is 11.3. The lowest BCUT2D eigenvalue weighted by atomic mass is 10.2. The smallest absolute Gasteiger partial charge is 0.422 e. The fourth-order valence-electron chi connectivity index (χ4n) is 2.00. The lowest BCUT2D eigenvalue weighted by Crippen LogP contribution is -2.30. The van der Waals surface area contributed by atoms with Gasteiger partial charge in [-0.2, -0.15) is 13.2 Å². The maximum Gasteiger partial charge on any atom is 0.422 e. The minimum atomic E-state index is -4.55. The van der Waals surface area contributed by atoms with Gasteiger partial charge >= 0.3 is 12.3 Å². The summed E-state index contributed by atoms with van der Waals surface area (Å²) in [7, 11) is 0. The van der Waals surface area contributed by atoms with Crippen molar-refractivity contribution in [2.24, 2.45) is 0 Å². The van der Waals surface area contributed by atoms with Crippen molar-refractivity contribution in [3.8, 4) is 11.4 Å². The molecule has 0 radical (unpaired) electrons. The Kier molecular flexibility index (Phi) is 7.55. The molecule has 1 aromatic heterocycles. The molecule has 0 bridgehead atoms. The summed E-state index contributed by atoms with van der Waals surface area (Å²) in [5, 5.41) is 11.7. The first-order chi connectivity index (χ1) is 12.8. The van der Waals surface area contributed by atoms with Gasteiger partial charge in [0.2, 0.25) is 0 Å². The third kappa shape index (κ3) is 6.79. The van der Waals surface area contributed by atoms with Crippen molar-refractivity contribution in [2.45, 2.75) is 17.9 Å². The average molecular weight is 421 g/mol. The van der Waals surface area contributed by atoms with E-state index in [0.717, 1.165) is 5.56 Å². The maximum atomic E-state index is 12.0. The van der Waals surface area contributed by atoms with Crippen LogP contribution in [0.25, 0.3) is 11.4 Å². The van der Waals surface area contributed by atoms with Gasteiger partial charge in [-0.3, -0.25) is 4.57 Å². The van der Waals surface area contributed by atoms with Crippen molar-refractivity contribution < 1.29 is 22.7 Å². The van der Waals surface area contributed by atoms with Crippen LogP contribution in [0.4, 0.5) is 18.0 Å². The van der Waals surface area contributed by atoms with E-state index in [1.807, 2.05) is 16.7 Å². The second-order valence-corrected chi connectivity index (χ2v) is 6.68. The van der Waals surface area contributed by atoms with E-state index in [2.05, 4.69) is 26.8 Å². The van der Waals surface area contributed by atoms with E-state index in [0.29, 0.717) is 28.3 Å². The predicted octanol–water partition coefficient (Wildman–Crippen LogP) is 4.17. The van der Waals surface area contributed by atoms with Gasteiger partial charge in [-0.25, -0.2) is 4.79 Å². The van der Waals surface area contributed by atoms with Crippen LogP contribution >= 0.6 is 23.4 Å². The largest absolute Gasteiger partial charge is 0.440 e. The van der Waals surface area contributed by atoms with Crippen LogP contribution in [0, 0.1) is 0 Å². The van der Waals surface area contributed by atoms with Crippen molar-refractivity contribution in [3.63, 3.8) is 0 Å². The van der Waals surface area contributed by atoms with Gasteiger partial charge in [0.15, 0.2) is 17.6 Å². The molecule has 0 spiro atoms. The van der Waals surface area contributed by atoms with Gasteiger partial charge < -0.3 is 10.1 Å². The quantitative estimate of drug-likeness (QED) is 0.394. The van der Waals surface area contributed by atoms with Crippen molar-refractivity contribution >= 4 is 29.5 Å². The number of nitrogens with zero attached hydrogens (tertiary/aromatic N) is 3. The maximum absolute atomic E-state index is 12.0. The highest BCUT2D eigenvalue weighted by atomic mass is 35.5. The molecule has 2 aromatic rings. The Morgan fingerprint density at radius 1 is 1.33 bits per heavy atom. The molecule has 1 aromatic carbocycles. The zero-order valence-electron chi connectivity index (χ0n) is 14.0. The predicted molar refractivity (Wildman–Crippen MR) is 96.8 cm³/mol. The van der Waals surface area contributed by atoms with E-state index in [9.17, 15) is 18.0 Å². The molecular formula is C16H16ClF3N4O2S. The molecule has 0 aliphatic heterocycles. The molecule has 11 heteroatoms. The fourth-order valence-corrected chi connectivity index (χ4v) is 2.92. The molecule has 0 aliphatic carbocycles. The van der Waals surface area contributed by atoms with Crippen LogP contribution in [0.1, 0.15) is 0 Å². The number of allylic oxidation sites excluding steroid dienone is 1. The Morgan fingerprint density at radius 2 is 2.04 bits per heavy atom. The number of carbonyl (C=O) groups is 1. The number of nitrogens with one attached hydrogen (secondary N) is 1. The van der Waals surface area contributed by atoms with Crippen LogP contribution < -0.4 is 5.32 Å². The lowest BCUT2D eigenvalue weighted by molar-refractivity contribution is -0.160. The molecule has 1 amide bonds. The summed E-state index contributed by atoms with van der Waals surface area (Å²) in [5.41, 5.74) is 0.828. The monoisotopic (exact) mass is 420 g/mol. The lowest BCUT2D eigenvalue weighted by Gasteiger charge is -2.09. The standard InChI is InChI=1S/C16H16ClF3N4O2S/c1-2-8-24-13(11-3-5-12(17)6-4-11)22-23-14(24)27-9-7-21-15(25)26-10-16(18,19)20/h2-6H,1,7-10H2,(H,21,25). The molecule has 146 valence electrons. The second-order valence-electron chi connectivity index (χ2n) is 5.18. The number of rotatable bonds is 8. The fraction of sp³-hybridized carbons (Fsp3) is 0.312. The number of alkyl halides is 3. The topological polar surface area (TPSA) is 69.0 Å². The number of benzene rings is 1. The minimum absolute atomic E-state index is 0.110. The number of halogens is 4. The summed E-state index contributed by atoms with van der Waals surface area (Å²) in [5.74, 6) is 1.00. The number of hydrogen-bond donors (Lipinski definition) is 1. The van der Waals surface area contributed by atoms with Gasteiger partial charge in [0.25, 0.3) is 0 Å². The SMILES string of the molecule is C=CCn1c(SCCNC(=O)OCC(F)(F)F)nnc1-c1ccc(Cl)cc1. The molecular weight excluding hydrogens is 405 g/mol. The molecule has 27 heavy (non-hydrogen) atoms. The Hall–Kier alpha value is -2.20. The van der Waals surface area contributed by atoms with Gasteiger partial charge in [-0.15, -0.1) is 16.8 Å². The Balaban J connectivity index is 1.92. The molecule has 0 saturated heterocycles. The number of amides is 1. The van der Waals surface area contributed by atoms with Crippen molar-refractivity contribution in [1.82, 2.24) is 20.1 Å². The molecule has 1 heterocycles. The molecule has 0 aliphatic rings. The van der Waals surface area contributed by atoms with Crippen molar-refractivity contribution in [2.75, 3.05) is 18.9 Å². The average Bonchev–Trinajstić information content (AvgIpc) is 3.00. The van der Waals surface area contributed by atoms with Crippen LogP contribution in [-0.2, 0) is 11.3 Å². The summed E-state index contributed by atoms with van der Waals surface area (Å²) in [6, 6.07) is 7.12. The van der Waals surface area contributed by atoms with E-state index in [-0.39, 0.29) is 6.54 Å². The van der Waals surface area contributed by atoms with E-state index in [4.69, 9.17) is 11.6 Å². The van der Waals surface area contributed by atoms with Crippen LogP contribution in [0.5, 0.6) is 0 Å². The van der Waals surface area contributed by atoms with Gasteiger partial charge in [0, 0.05) is 29.4 Å². The summed E-state index contributed by atoms with van der Waals surface area (Å²) >= 11 is 7.19. The summed E-state index contributed by atoms with van der Waals surface area (Å²) < 4.78 is 41.8. The van der Waals surface area contributed by atoms with Crippen molar-refractivity contribution in [3.05, 3.63) is 41.9 Å². The summed E-state index contributed by atoms with van der Waals surface area (Å²) in [6.07, 6.45) is -3.98. The Morgan fingerprint density at radius 3 is 2.67 bits per heavy atom. The Labute approximate surface area is 162 Å². The van der Waals surface area contributed by atoms with Crippen molar-refractivity contribution in [1.29, 1.82) is 0 Å². The van der Waals surface area contributed by atoms with E-state index < -0.39 is 18.9 Å². The van der Waals surface area contributed by atoms with Crippen LogP contribution in [0.2, 0.25) is 5.02 Å². The van der Waals surface area contributed by atoms with Crippen LogP contribution in [0.15, 0.2) is 42.1 Å². The van der Waals surface area contributed by atoms with E-state index in [1.165, 1.54) is 11.8 Å². The molecule has 0 unspecified atom stereocenters. The number of thioether (sulfide) groups is 1. The third-order valence-corrected chi connectivity index (χ3v) is 4.32. The molecule has 1 N–H and O–H groups in total. The van der Waals surface area contributed by atoms with Gasteiger partial charge in [-0.1, -0.05) is 29.4 Å². The highest BCUT2D eigenvalue weighted by molar-refractivity contribution is 7.99. The van der Waals surface area contributed by atoms with Crippen LogP contribution in [0.3, 0.4) is 0 Å². The van der Waals surface area contributed by atoms with Gasteiger partial charge in [-0.05, 0) is 24.3 Å². The van der Waals surface area contributed by atoms with Gasteiger partial charge in [0.1, 0.15) is 0 Å². The highest BCUT2D eigenvalue weighted by Crippen LogP contribution is 2.25. The van der Waals surface area contributed by atoms with E-state index in [1.54, 1.807) is 18.2 Å². The summed E-state index contributed by atoms with van der Waals surface area (Å²) in [6.45, 7) is 2.67. The molecule has 0 saturated carbocycles. The first kappa shape index (κ1) is 21.1.